The summed E-state index contributed by atoms with van der Waals surface area (Å²) in [6.07, 6.45) is 0. The van der Waals surface area contributed by atoms with Crippen molar-refractivity contribution in [2.24, 2.45) is 5.73 Å². The molecule has 5 heteroatoms. The summed E-state index contributed by atoms with van der Waals surface area (Å²) in [5.74, 6) is 1.49. The summed E-state index contributed by atoms with van der Waals surface area (Å²) in [7, 11) is 0. The first-order chi connectivity index (χ1) is 9.63. The van der Waals surface area contributed by atoms with Crippen molar-refractivity contribution in [3.8, 4) is 22.8 Å². The van der Waals surface area contributed by atoms with Crippen LogP contribution >= 0.6 is 0 Å². The second kappa shape index (κ2) is 4.70. The Morgan fingerprint density at radius 1 is 0.850 bits per heavy atom. The van der Waals surface area contributed by atoms with Crippen molar-refractivity contribution in [2.45, 2.75) is 0 Å². The van der Waals surface area contributed by atoms with Crippen molar-refractivity contribution in [3.63, 3.8) is 0 Å². The van der Waals surface area contributed by atoms with Gasteiger partial charge in [-0.1, -0.05) is 0 Å². The predicted octanol–water partition coefficient (Wildman–Crippen LogP) is 3.63. The number of amidine groups is 1. The Kier molecular flexibility index (Phi) is 2.87. The van der Waals surface area contributed by atoms with Crippen LogP contribution in [0.25, 0.3) is 22.8 Å². The van der Waals surface area contributed by atoms with Gasteiger partial charge in [0.2, 0.25) is 0 Å². The van der Waals surface area contributed by atoms with Gasteiger partial charge in [0.15, 0.2) is 23.1 Å². The summed E-state index contributed by atoms with van der Waals surface area (Å²) in [5, 5.41) is 7.29. The molecule has 0 aliphatic carbocycles. The number of halogens is 1. The SMILES string of the molecule is N=C(N)c1ccc(-c2ccc(-c3ccc(F)cc3)o2)o1. The summed E-state index contributed by atoms with van der Waals surface area (Å²) in [6, 6.07) is 12.8. The van der Waals surface area contributed by atoms with Crippen LogP contribution in [-0.2, 0) is 0 Å². The van der Waals surface area contributed by atoms with Gasteiger partial charge >= 0.3 is 0 Å². The molecule has 2 aromatic heterocycles. The second-order valence-corrected chi connectivity index (χ2v) is 4.25. The highest BCUT2D eigenvalue weighted by Crippen LogP contribution is 2.29. The number of hydrogen-bond acceptors (Lipinski definition) is 3. The van der Waals surface area contributed by atoms with Crippen LogP contribution in [0.1, 0.15) is 5.76 Å². The molecule has 0 spiro atoms. The number of nitrogens with one attached hydrogen (secondary N) is 1. The fourth-order valence-corrected chi connectivity index (χ4v) is 1.85. The molecule has 0 aliphatic heterocycles. The van der Waals surface area contributed by atoms with E-state index < -0.39 is 0 Å². The number of benzene rings is 1. The Morgan fingerprint density at radius 2 is 1.45 bits per heavy atom. The van der Waals surface area contributed by atoms with E-state index in [-0.39, 0.29) is 11.7 Å². The molecule has 0 fully saturated rings. The third-order valence-electron chi connectivity index (χ3n) is 2.85. The van der Waals surface area contributed by atoms with E-state index in [1.54, 1.807) is 36.4 Å². The van der Waals surface area contributed by atoms with Gasteiger partial charge in [-0.05, 0) is 48.5 Å². The Balaban J connectivity index is 1.93. The van der Waals surface area contributed by atoms with E-state index in [0.29, 0.717) is 23.0 Å². The smallest absolute Gasteiger partial charge is 0.170 e. The van der Waals surface area contributed by atoms with Crippen molar-refractivity contribution in [2.75, 3.05) is 0 Å². The maximum Gasteiger partial charge on any atom is 0.170 e. The Morgan fingerprint density at radius 3 is 2.10 bits per heavy atom. The van der Waals surface area contributed by atoms with Crippen molar-refractivity contribution >= 4 is 5.84 Å². The highest BCUT2D eigenvalue weighted by molar-refractivity contribution is 5.92. The minimum Gasteiger partial charge on any atom is -0.453 e. The van der Waals surface area contributed by atoms with E-state index in [0.717, 1.165) is 5.56 Å². The van der Waals surface area contributed by atoms with Crippen molar-refractivity contribution in [1.29, 1.82) is 5.41 Å². The second-order valence-electron chi connectivity index (χ2n) is 4.25. The molecule has 0 bridgehead atoms. The van der Waals surface area contributed by atoms with Crippen LogP contribution in [0.2, 0.25) is 0 Å². The van der Waals surface area contributed by atoms with E-state index in [4.69, 9.17) is 20.0 Å². The first-order valence-corrected chi connectivity index (χ1v) is 5.94. The molecule has 0 radical (unpaired) electrons. The van der Waals surface area contributed by atoms with Gasteiger partial charge in [0, 0.05) is 5.56 Å². The van der Waals surface area contributed by atoms with Crippen LogP contribution in [0.3, 0.4) is 0 Å². The lowest BCUT2D eigenvalue weighted by atomic mass is 10.2. The highest BCUT2D eigenvalue weighted by Gasteiger charge is 2.11. The lowest BCUT2D eigenvalue weighted by Crippen LogP contribution is -2.09. The Bertz CT molecular complexity index is 756. The molecule has 4 nitrogen and oxygen atoms in total. The Labute approximate surface area is 114 Å². The van der Waals surface area contributed by atoms with Gasteiger partial charge in [0.05, 0.1) is 0 Å². The molecule has 0 saturated carbocycles. The molecular formula is C15H11FN2O2. The largest absolute Gasteiger partial charge is 0.453 e. The van der Waals surface area contributed by atoms with E-state index in [1.807, 2.05) is 0 Å². The van der Waals surface area contributed by atoms with Crippen LogP contribution in [0.4, 0.5) is 4.39 Å². The van der Waals surface area contributed by atoms with Crippen molar-refractivity contribution < 1.29 is 13.2 Å². The van der Waals surface area contributed by atoms with Gasteiger partial charge in [0.1, 0.15) is 11.6 Å². The lowest BCUT2D eigenvalue weighted by Gasteiger charge is -1.96. The maximum absolute atomic E-state index is 12.9. The van der Waals surface area contributed by atoms with Crippen LogP contribution in [-0.4, -0.2) is 5.84 Å². The van der Waals surface area contributed by atoms with E-state index in [2.05, 4.69) is 0 Å². The first kappa shape index (κ1) is 12.2. The molecule has 0 aliphatic rings. The van der Waals surface area contributed by atoms with Gasteiger partial charge in [-0.25, -0.2) is 4.39 Å². The molecule has 2 heterocycles. The zero-order valence-electron chi connectivity index (χ0n) is 10.4. The molecular weight excluding hydrogens is 259 g/mol. The predicted molar refractivity (Wildman–Crippen MR) is 72.8 cm³/mol. The molecule has 0 saturated heterocycles. The first-order valence-electron chi connectivity index (χ1n) is 5.94. The van der Waals surface area contributed by atoms with Crippen LogP contribution in [0.15, 0.2) is 57.4 Å². The topological polar surface area (TPSA) is 76.2 Å². The number of rotatable bonds is 3. The molecule has 20 heavy (non-hydrogen) atoms. The average Bonchev–Trinajstić information content (AvgIpc) is 3.08. The summed E-state index contributed by atoms with van der Waals surface area (Å²) >= 11 is 0. The number of furan rings is 2. The zero-order chi connectivity index (χ0) is 14.1. The van der Waals surface area contributed by atoms with Crippen LogP contribution < -0.4 is 5.73 Å². The van der Waals surface area contributed by atoms with Gasteiger partial charge in [-0.3, -0.25) is 5.41 Å². The fraction of sp³-hybridized carbons (Fsp3) is 0. The fourth-order valence-electron chi connectivity index (χ4n) is 1.85. The minimum absolute atomic E-state index is 0.137. The molecule has 100 valence electrons. The zero-order valence-corrected chi connectivity index (χ0v) is 10.4. The molecule has 0 atom stereocenters. The van der Waals surface area contributed by atoms with Crippen LogP contribution in [0, 0.1) is 11.2 Å². The monoisotopic (exact) mass is 270 g/mol. The van der Waals surface area contributed by atoms with Crippen molar-refractivity contribution in [1.82, 2.24) is 0 Å². The number of nitrogen functional groups attached to an aromatic ring is 1. The number of nitrogens with two attached hydrogens (primary N) is 1. The van der Waals surface area contributed by atoms with Crippen LogP contribution in [0.5, 0.6) is 0 Å². The van der Waals surface area contributed by atoms with E-state index in [1.165, 1.54) is 12.1 Å². The van der Waals surface area contributed by atoms with Gasteiger partial charge in [-0.2, -0.15) is 0 Å². The van der Waals surface area contributed by atoms with Gasteiger partial charge in [-0.15, -0.1) is 0 Å². The van der Waals surface area contributed by atoms with Gasteiger partial charge < -0.3 is 14.6 Å². The maximum atomic E-state index is 12.9. The van der Waals surface area contributed by atoms with Crippen molar-refractivity contribution in [3.05, 3.63) is 60.1 Å². The normalized spacial score (nSPS) is 10.7. The molecule has 0 amide bonds. The molecule has 1 aromatic carbocycles. The summed E-state index contributed by atoms with van der Waals surface area (Å²) in [5.41, 5.74) is 6.11. The number of hydrogen-bond donors (Lipinski definition) is 2. The van der Waals surface area contributed by atoms with E-state index in [9.17, 15) is 4.39 Å². The summed E-state index contributed by atoms with van der Waals surface area (Å²) < 4.78 is 23.9. The molecule has 0 unspecified atom stereocenters. The average molecular weight is 270 g/mol. The lowest BCUT2D eigenvalue weighted by molar-refractivity contribution is 0.525. The van der Waals surface area contributed by atoms with E-state index >= 15 is 0 Å². The molecule has 3 rings (SSSR count). The third-order valence-corrected chi connectivity index (χ3v) is 2.85. The molecule has 3 N–H and O–H groups in total. The quantitative estimate of drug-likeness (QED) is 0.563. The Hall–Kier alpha value is -2.82. The van der Waals surface area contributed by atoms with Gasteiger partial charge in [0.25, 0.3) is 0 Å². The molecule has 3 aromatic rings. The minimum atomic E-state index is -0.294. The summed E-state index contributed by atoms with van der Waals surface area (Å²) in [4.78, 5) is 0. The standard InChI is InChI=1S/C15H11FN2O2/c16-10-3-1-9(2-4-10)11-5-6-12(19-11)13-7-8-14(20-13)15(17)18/h1-8H,(H3,17,18). The highest BCUT2D eigenvalue weighted by atomic mass is 19.1. The summed E-state index contributed by atoms with van der Waals surface area (Å²) in [6.45, 7) is 0. The third kappa shape index (κ3) is 2.21.